The molecule has 1 fully saturated rings. The van der Waals surface area contributed by atoms with Crippen LogP contribution in [0.3, 0.4) is 0 Å². The van der Waals surface area contributed by atoms with Crippen LogP contribution < -0.4 is 11.2 Å². The van der Waals surface area contributed by atoms with Crippen molar-refractivity contribution in [3.63, 3.8) is 0 Å². The average Bonchev–Trinajstić information content (AvgIpc) is 3.38. The summed E-state index contributed by atoms with van der Waals surface area (Å²) in [6, 6.07) is 7.89. The lowest BCUT2D eigenvalue weighted by atomic mass is 10.1. The Balaban J connectivity index is 1.61. The topological polar surface area (TPSA) is 140 Å². The largest absolute Gasteiger partial charge is 0.378 e. The van der Waals surface area contributed by atoms with E-state index in [1.165, 1.54) is 11.1 Å². The highest BCUT2D eigenvalue weighted by molar-refractivity contribution is 6.00. The van der Waals surface area contributed by atoms with Crippen LogP contribution in [0.25, 0.3) is 5.82 Å². The number of nitrogens with two attached hydrogens (primary N) is 1. The molecule has 0 spiro atoms. The van der Waals surface area contributed by atoms with E-state index in [9.17, 15) is 4.79 Å². The molecule has 1 aliphatic heterocycles. The summed E-state index contributed by atoms with van der Waals surface area (Å²) in [6.45, 7) is 6.24. The summed E-state index contributed by atoms with van der Waals surface area (Å²) < 4.78 is 5.92. The Labute approximate surface area is 179 Å². The number of nitrogens with zero attached hydrogens (tertiary/aromatic N) is 7. The van der Waals surface area contributed by atoms with Gasteiger partial charge in [0.25, 0.3) is 5.91 Å². The zero-order chi connectivity index (χ0) is 21.8. The van der Waals surface area contributed by atoms with E-state index in [1.807, 2.05) is 38.1 Å². The second-order valence-corrected chi connectivity index (χ2v) is 7.61. The van der Waals surface area contributed by atoms with Crippen LogP contribution in [0.15, 0.2) is 34.0 Å². The number of nitrogens with one attached hydrogen (secondary N) is 1. The number of nitrogen functional groups attached to an aromatic ring is 1. The Morgan fingerprint density at radius 1 is 1.19 bits per heavy atom. The van der Waals surface area contributed by atoms with Gasteiger partial charge in [0.15, 0.2) is 5.69 Å². The first-order valence-electron chi connectivity index (χ1n) is 10.2. The maximum absolute atomic E-state index is 13.1. The van der Waals surface area contributed by atoms with Gasteiger partial charge in [0.05, 0.1) is 5.71 Å². The van der Waals surface area contributed by atoms with Crippen LogP contribution in [0.5, 0.6) is 0 Å². The van der Waals surface area contributed by atoms with Crippen molar-refractivity contribution < 1.29 is 9.42 Å². The molecule has 0 saturated carbocycles. The first-order chi connectivity index (χ1) is 15.0. The van der Waals surface area contributed by atoms with Crippen LogP contribution in [0, 0.1) is 6.92 Å². The number of likely N-dealkylation sites (tertiary alicyclic amines) is 1. The predicted octanol–water partition coefficient (Wildman–Crippen LogP) is 1.68. The number of aryl methyl sites for hydroxylation is 1. The third-order valence-corrected chi connectivity index (χ3v) is 5.27. The highest BCUT2D eigenvalue weighted by Crippen LogP contribution is 2.19. The van der Waals surface area contributed by atoms with Gasteiger partial charge in [-0.2, -0.15) is 9.78 Å². The lowest BCUT2D eigenvalue weighted by Crippen LogP contribution is -2.31. The average molecular weight is 423 g/mol. The number of rotatable bonds is 6. The van der Waals surface area contributed by atoms with Gasteiger partial charge < -0.3 is 5.73 Å². The Hall–Kier alpha value is -3.60. The minimum Gasteiger partial charge on any atom is -0.378 e. The molecule has 0 radical (unpaired) electrons. The smallest absolute Gasteiger partial charge is 0.292 e. The maximum atomic E-state index is 13.1. The SMILES string of the molecule is C/C(=N/NC(=O)c1c(CN2CCCCC2)nnn1-c1nonc1N)c1ccc(C)cc1. The number of aromatic nitrogens is 5. The van der Waals surface area contributed by atoms with E-state index >= 15 is 0 Å². The molecule has 31 heavy (non-hydrogen) atoms. The van der Waals surface area contributed by atoms with E-state index in [4.69, 9.17) is 5.73 Å². The van der Waals surface area contributed by atoms with Gasteiger partial charge in [-0.25, -0.2) is 10.1 Å². The molecule has 0 bridgehead atoms. The molecular formula is C20H25N9O2. The van der Waals surface area contributed by atoms with Crippen LogP contribution in [0.4, 0.5) is 5.82 Å². The number of carbonyl (C=O) groups excluding carboxylic acids is 1. The first kappa shape index (κ1) is 20.7. The molecule has 11 heteroatoms. The molecular weight excluding hydrogens is 398 g/mol. The van der Waals surface area contributed by atoms with E-state index < -0.39 is 5.91 Å². The number of amides is 1. The minimum absolute atomic E-state index is 0.0165. The highest BCUT2D eigenvalue weighted by Gasteiger charge is 2.26. The van der Waals surface area contributed by atoms with Crippen LogP contribution >= 0.6 is 0 Å². The van der Waals surface area contributed by atoms with Crippen molar-refractivity contribution in [3.05, 3.63) is 46.8 Å². The monoisotopic (exact) mass is 423 g/mol. The van der Waals surface area contributed by atoms with Crippen molar-refractivity contribution >= 4 is 17.4 Å². The summed E-state index contributed by atoms with van der Waals surface area (Å²) in [6.07, 6.45) is 3.45. The Kier molecular flexibility index (Phi) is 6.03. The maximum Gasteiger partial charge on any atom is 0.292 e. The molecule has 1 aromatic carbocycles. The molecule has 3 aromatic rings. The normalized spacial score (nSPS) is 15.2. The van der Waals surface area contributed by atoms with E-state index in [1.54, 1.807) is 0 Å². The third kappa shape index (κ3) is 4.61. The fourth-order valence-corrected chi connectivity index (χ4v) is 3.51. The molecule has 11 nitrogen and oxygen atoms in total. The van der Waals surface area contributed by atoms with Gasteiger partial charge in [-0.1, -0.05) is 41.5 Å². The Morgan fingerprint density at radius 2 is 1.94 bits per heavy atom. The summed E-state index contributed by atoms with van der Waals surface area (Å²) in [5, 5.41) is 19.9. The van der Waals surface area contributed by atoms with E-state index in [2.05, 4.69) is 40.7 Å². The number of piperidine rings is 1. The second kappa shape index (κ2) is 9.04. The summed E-state index contributed by atoms with van der Waals surface area (Å²) in [5.41, 5.74) is 11.9. The van der Waals surface area contributed by atoms with Crippen LogP contribution in [0.2, 0.25) is 0 Å². The van der Waals surface area contributed by atoms with Crippen molar-refractivity contribution in [2.45, 2.75) is 39.7 Å². The summed E-state index contributed by atoms with van der Waals surface area (Å²) >= 11 is 0. The van der Waals surface area contributed by atoms with Crippen molar-refractivity contribution in [2.75, 3.05) is 18.8 Å². The Morgan fingerprint density at radius 3 is 2.61 bits per heavy atom. The van der Waals surface area contributed by atoms with Crippen LogP contribution in [0.1, 0.15) is 53.5 Å². The first-order valence-corrected chi connectivity index (χ1v) is 10.2. The van der Waals surface area contributed by atoms with Gasteiger partial charge in [0.2, 0.25) is 11.6 Å². The summed E-state index contributed by atoms with van der Waals surface area (Å²) in [7, 11) is 0. The molecule has 1 aliphatic rings. The van der Waals surface area contributed by atoms with Crippen molar-refractivity contribution in [1.29, 1.82) is 0 Å². The van der Waals surface area contributed by atoms with Crippen molar-refractivity contribution in [2.24, 2.45) is 5.10 Å². The fourth-order valence-electron chi connectivity index (χ4n) is 3.51. The molecule has 0 atom stereocenters. The quantitative estimate of drug-likeness (QED) is 0.451. The summed E-state index contributed by atoms with van der Waals surface area (Å²) in [4.78, 5) is 15.4. The van der Waals surface area contributed by atoms with E-state index in [0.29, 0.717) is 18.0 Å². The molecule has 162 valence electrons. The number of hydrogen-bond acceptors (Lipinski definition) is 9. The third-order valence-electron chi connectivity index (χ3n) is 5.27. The lowest BCUT2D eigenvalue weighted by Gasteiger charge is -2.25. The van der Waals surface area contributed by atoms with Gasteiger partial charge in [-0.05, 0) is 55.7 Å². The molecule has 1 saturated heterocycles. The Bertz CT molecular complexity index is 1080. The zero-order valence-corrected chi connectivity index (χ0v) is 17.6. The standard InChI is InChI=1S/C20H25N9O2/c1-13-6-8-15(9-7-13)14(2)22-24-20(30)17-16(12-28-10-4-3-5-11-28)23-27-29(17)19-18(21)25-31-26-19/h6-9H,3-5,10-12H2,1-2H3,(H2,21,25)(H,24,30)/b22-14-. The van der Waals surface area contributed by atoms with Gasteiger partial charge >= 0.3 is 0 Å². The number of hydrazone groups is 1. The molecule has 3 N–H and O–H groups in total. The minimum atomic E-state index is -0.467. The number of anilines is 1. The second-order valence-electron chi connectivity index (χ2n) is 7.61. The molecule has 1 amide bonds. The molecule has 0 aliphatic carbocycles. The van der Waals surface area contributed by atoms with Crippen molar-refractivity contribution in [3.8, 4) is 5.82 Å². The molecule has 2 aromatic heterocycles. The number of carbonyl (C=O) groups is 1. The predicted molar refractivity (Wildman–Crippen MR) is 114 cm³/mol. The lowest BCUT2D eigenvalue weighted by molar-refractivity contribution is 0.0944. The fraction of sp³-hybridized carbons (Fsp3) is 0.400. The van der Waals surface area contributed by atoms with Crippen LogP contribution in [-0.2, 0) is 6.54 Å². The van der Waals surface area contributed by atoms with Gasteiger partial charge in [0, 0.05) is 6.54 Å². The number of hydrogen-bond donors (Lipinski definition) is 2. The molecule has 0 unspecified atom stereocenters. The van der Waals surface area contributed by atoms with E-state index in [-0.39, 0.29) is 17.3 Å². The number of benzene rings is 1. The highest BCUT2D eigenvalue weighted by atomic mass is 16.6. The van der Waals surface area contributed by atoms with Gasteiger partial charge in [0.1, 0.15) is 5.69 Å². The molecule has 4 rings (SSSR count). The van der Waals surface area contributed by atoms with E-state index in [0.717, 1.165) is 37.1 Å². The zero-order valence-electron chi connectivity index (χ0n) is 17.6. The van der Waals surface area contributed by atoms with Crippen LogP contribution in [-0.4, -0.2) is 54.9 Å². The summed E-state index contributed by atoms with van der Waals surface area (Å²) in [5.74, 6) is -0.338. The van der Waals surface area contributed by atoms with Crippen molar-refractivity contribution in [1.82, 2.24) is 35.6 Å². The molecule has 3 heterocycles. The van der Waals surface area contributed by atoms with Gasteiger partial charge in [-0.3, -0.25) is 9.69 Å². The van der Waals surface area contributed by atoms with Gasteiger partial charge in [-0.15, -0.1) is 5.10 Å².